The summed E-state index contributed by atoms with van der Waals surface area (Å²) in [5.41, 5.74) is 1.09. The smallest absolute Gasteiger partial charge is 0.408 e. The number of aliphatic hydroxyl groups is 1. The van der Waals surface area contributed by atoms with Crippen molar-refractivity contribution < 1.29 is 29.0 Å². The Morgan fingerprint density at radius 2 is 1.61 bits per heavy atom. The van der Waals surface area contributed by atoms with Gasteiger partial charge in [0.25, 0.3) is 0 Å². The quantitative estimate of drug-likeness (QED) is 0.199. The highest BCUT2D eigenvalue weighted by Crippen LogP contribution is 2.23. The van der Waals surface area contributed by atoms with Gasteiger partial charge in [0.1, 0.15) is 18.8 Å². The summed E-state index contributed by atoms with van der Waals surface area (Å²) < 4.78 is 11.5. The summed E-state index contributed by atoms with van der Waals surface area (Å²) in [6, 6.07) is 22.1. The van der Waals surface area contributed by atoms with Gasteiger partial charge in [-0.3, -0.25) is 9.59 Å². The molecule has 3 aromatic rings. The molecule has 11 heteroatoms. The fraction of sp³-hybridized carbons (Fsp3) is 0.474. The van der Waals surface area contributed by atoms with E-state index in [1.165, 1.54) is 0 Å². The van der Waals surface area contributed by atoms with E-state index in [0.717, 1.165) is 17.5 Å². The van der Waals surface area contributed by atoms with E-state index in [1.807, 2.05) is 107 Å². The van der Waals surface area contributed by atoms with Gasteiger partial charge in [0, 0.05) is 30.8 Å². The highest BCUT2D eigenvalue weighted by molar-refractivity contribution is 5.86. The van der Waals surface area contributed by atoms with Crippen LogP contribution in [-0.2, 0) is 27.4 Å². The Morgan fingerprint density at radius 3 is 2.22 bits per heavy atom. The van der Waals surface area contributed by atoms with Crippen LogP contribution in [0.4, 0.5) is 4.79 Å². The number of carbonyl (C=O) groups is 3. The zero-order chi connectivity index (χ0) is 35.4. The number of nitrogens with zero attached hydrogens (tertiary/aromatic N) is 2. The Bertz CT molecular complexity index is 1470. The highest BCUT2D eigenvalue weighted by Gasteiger charge is 2.38. The van der Waals surface area contributed by atoms with Gasteiger partial charge in [0.15, 0.2) is 0 Å². The lowest BCUT2D eigenvalue weighted by atomic mass is 9.95. The Hall–Kier alpha value is -4.48. The maximum Gasteiger partial charge on any atom is 0.408 e. The van der Waals surface area contributed by atoms with Crippen LogP contribution in [-0.4, -0.2) is 81.9 Å². The average molecular weight is 674 g/mol. The largest absolute Gasteiger partial charge is 0.474 e. The molecular formula is C38H51N5O6. The predicted octanol–water partition coefficient (Wildman–Crippen LogP) is 4.25. The molecule has 0 bridgehead atoms. The SMILES string of the molecule is CC(C)[C@H](NC(=O)OCc1ccccc1)C(=O)N[C@@H](Cc1ccccc1)[C@H](O)CN(C(=O)[C@@H]1C[C@H](Oc2ccccn2)CCN1)C(C)(C)C. The van der Waals surface area contributed by atoms with E-state index in [4.69, 9.17) is 9.47 Å². The number of carbonyl (C=O) groups excluding carboxylic acids is 3. The van der Waals surface area contributed by atoms with E-state index >= 15 is 0 Å². The maximum atomic E-state index is 14.1. The number of piperidine rings is 1. The molecular weight excluding hydrogens is 622 g/mol. The topological polar surface area (TPSA) is 142 Å². The normalized spacial score (nSPS) is 18.1. The lowest BCUT2D eigenvalue weighted by molar-refractivity contribution is -0.142. The summed E-state index contributed by atoms with van der Waals surface area (Å²) in [4.78, 5) is 46.5. The molecule has 264 valence electrons. The zero-order valence-corrected chi connectivity index (χ0v) is 29.2. The summed E-state index contributed by atoms with van der Waals surface area (Å²) >= 11 is 0. The third-order valence-corrected chi connectivity index (χ3v) is 8.55. The molecule has 0 unspecified atom stereocenters. The molecule has 1 aliphatic heterocycles. The maximum absolute atomic E-state index is 14.1. The van der Waals surface area contributed by atoms with Gasteiger partial charge < -0.3 is 35.4 Å². The molecule has 2 aromatic carbocycles. The van der Waals surface area contributed by atoms with Gasteiger partial charge in [0.2, 0.25) is 17.7 Å². The third-order valence-electron chi connectivity index (χ3n) is 8.55. The molecule has 0 saturated carbocycles. The number of pyridine rings is 1. The molecule has 49 heavy (non-hydrogen) atoms. The third kappa shape index (κ3) is 11.6. The number of ether oxygens (including phenoxy) is 2. The first-order valence-electron chi connectivity index (χ1n) is 17.0. The second-order valence-corrected chi connectivity index (χ2v) is 13.9. The summed E-state index contributed by atoms with van der Waals surface area (Å²) in [5.74, 6) is -0.371. The molecule has 3 amide bonds. The van der Waals surface area contributed by atoms with Crippen LogP contribution in [0.5, 0.6) is 5.88 Å². The molecule has 0 radical (unpaired) electrons. The number of hydrogen-bond acceptors (Lipinski definition) is 8. The number of benzene rings is 2. The van der Waals surface area contributed by atoms with E-state index in [9.17, 15) is 19.5 Å². The second kappa shape index (κ2) is 17.8. The van der Waals surface area contributed by atoms with Crippen molar-refractivity contribution in [3.63, 3.8) is 0 Å². The van der Waals surface area contributed by atoms with Crippen LogP contribution in [0.25, 0.3) is 0 Å². The molecule has 0 spiro atoms. The molecule has 2 heterocycles. The Labute approximate surface area is 289 Å². The monoisotopic (exact) mass is 673 g/mol. The van der Waals surface area contributed by atoms with E-state index in [2.05, 4.69) is 20.9 Å². The fourth-order valence-corrected chi connectivity index (χ4v) is 5.81. The van der Waals surface area contributed by atoms with Crippen LogP contribution in [0.3, 0.4) is 0 Å². The molecule has 5 atom stereocenters. The van der Waals surface area contributed by atoms with Crippen LogP contribution in [0, 0.1) is 5.92 Å². The molecule has 1 saturated heterocycles. The van der Waals surface area contributed by atoms with E-state index in [1.54, 1.807) is 17.2 Å². The zero-order valence-electron chi connectivity index (χ0n) is 29.2. The minimum atomic E-state index is -1.13. The van der Waals surface area contributed by atoms with E-state index in [-0.39, 0.29) is 31.1 Å². The van der Waals surface area contributed by atoms with Crippen molar-refractivity contribution in [1.29, 1.82) is 0 Å². The Kier molecular flexibility index (Phi) is 13.6. The first kappa shape index (κ1) is 37.3. The van der Waals surface area contributed by atoms with Crippen LogP contribution < -0.4 is 20.7 Å². The number of alkyl carbamates (subject to hydrolysis) is 1. The second-order valence-electron chi connectivity index (χ2n) is 13.9. The van der Waals surface area contributed by atoms with Gasteiger partial charge in [-0.2, -0.15) is 0 Å². The minimum absolute atomic E-state index is 0.0249. The molecule has 11 nitrogen and oxygen atoms in total. The number of aromatic nitrogens is 1. The van der Waals surface area contributed by atoms with Crippen molar-refractivity contribution in [2.75, 3.05) is 13.1 Å². The Morgan fingerprint density at radius 1 is 0.959 bits per heavy atom. The van der Waals surface area contributed by atoms with Crippen LogP contribution in [0.2, 0.25) is 0 Å². The van der Waals surface area contributed by atoms with Gasteiger partial charge in [-0.15, -0.1) is 0 Å². The first-order chi connectivity index (χ1) is 23.4. The number of nitrogens with one attached hydrogen (secondary N) is 3. The number of aliphatic hydroxyl groups excluding tert-OH is 1. The molecule has 4 rings (SSSR count). The lowest BCUT2D eigenvalue weighted by Gasteiger charge is -2.42. The van der Waals surface area contributed by atoms with Gasteiger partial charge in [-0.05, 0) is 63.3 Å². The van der Waals surface area contributed by atoms with Gasteiger partial charge in [-0.25, -0.2) is 9.78 Å². The molecule has 1 fully saturated rings. The lowest BCUT2D eigenvalue weighted by Crippen LogP contribution is -2.61. The molecule has 1 aliphatic rings. The molecule has 0 aliphatic carbocycles. The van der Waals surface area contributed by atoms with Crippen molar-refractivity contribution >= 4 is 17.9 Å². The van der Waals surface area contributed by atoms with Crippen molar-refractivity contribution in [2.24, 2.45) is 5.92 Å². The summed E-state index contributed by atoms with van der Waals surface area (Å²) in [6.07, 6.45) is 1.12. The van der Waals surface area contributed by atoms with Gasteiger partial charge >= 0.3 is 6.09 Å². The number of amides is 3. The van der Waals surface area contributed by atoms with Crippen LogP contribution >= 0.6 is 0 Å². The highest BCUT2D eigenvalue weighted by atomic mass is 16.5. The molecule has 1 aromatic heterocycles. The van der Waals surface area contributed by atoms with Gasteiger partial charge in [-0.1, -0.05) is 80.6 Å². The number of rotatable bonds is 14. The standard InChI is InChI=1S/C38H51N5O6/c1-26(2)34(42-37(47)48-25-28-16-10-7-11-17-28)35(45)41-30(22-27-14-8-6-9-15-27)32(44)24-43(38(3,4)5)36(46)31-23-29(19-21-39-31)49-33-18-12-13-20-40-33/h6-18,20,26,29-32,34,39,44H,19,21-25H2,1-5H3,(H,41,45)(H,42,47)/t29-,30+,31+,32-,34+/m1/s1. The van der Waals surface area contributed by atoms with Crippen LogP contribution in [0.15, 0.2) is 85.1 Å². The van der Waals surface area contributed by atoms with E-state index in [0.29, 0.717) is 25.3 Å². The minimum Gasteiger partial charge on any atom is -0.474 e. The Balaban J connectivity index is 1.46. The van der Waals surface area contributed by atoms with Crippen LogP contribution in [0.1, 0.15) is 58.6 Å². The number of β-amino-alcohol motifs (C(OH)–C–C–N with tert-alkyl or cyclic N) is 1. The van der Waals surface area contributed by atoms with Crippen molar-refractivity contribution in [3.8, 4) is 5.88 Å². The summed E-state index contributed by atoms with van der Waals surface area (Å²) in [7, 11) is 0. The predicted molar refractivity (Wildman–Crippen MR) is 188 cm³/mol. The van der Waals surface area contributed by atoms with Crippen molar-refractivity contribution in [3.05, 3.63) is 96.2 Å². The van der Waals surface area contributed by atoms with Crippen molar-refractivity contribution in [1.82, 2.24) is 25.8 Å². The average Bonchev–Trinajstić information content (AvgIpc) is 3.08. The summed E-state index contributed by atoms with van der Waals surface area (Å²) in [5, 5.41) is 20.8. The first-order valence-corrected chi connectivity index (χ1v) is 17.0. The van der Waals surface area contributed by atoms with Gasteiger partial charge in [0.05, 0.1) is 18.2 Å². The summed E-state index contributed by atoms with van der Waals surface area (Å²) in [6.45, 7) is 10.1. The molecule has 4 N–H and O–H groups in total. The number of hydrogen-bond donors (Lipinski definition) is 4. The fourth-order valence-electron chi connectivity index (χ4n) is 5.81. The van der Waals surface area contributed by atoms with Crippen molar-refractivity contribution in [2.45, 2.75) is 96.4 Å². The van der Waals surface area contributed by atoms with E-state index < -0.39 is 41.8 Å².